The van der Waals surface area contributed by atoms with Crippen LogP contribution in [0.25, 0.3) is 0 Å². The fourth-order valence-corrected chi connectivity index (χ4v) is 1.16. The fraction of sp³-hybridized carbons (Fsp3) is 0.333. The summed E-state index contributed by atoms with van der Waals surface area (Å²) in [5.41, 5.74) is -0.671. The van der Waals surface area contributed by atoms with E-state index in [0.717, 1.165) is 17.4 Å². The molecule has 0 saturated heterocycles. The van der Waals surface area contributed by atoms with E-state index in [-0.39, 0.29) is 0 Å². The van der Waals surface area contributed by atoms with Gasteiger partial charge in [0.2, 0.25) is 0 Å². The van der Waals surface area contributed by atoms with Crippen LogP contribution in [0.1, 0.15) is 10.4 Å². The quantitative estimate of drug-likeness (QED) is 0.554. The second kappa shape index (κ2) is 2.27. The Hall–Kier alpha value is -0.510. The number of aryl methyl sites for hydroxylation is 1. The van der Waals surface area contributed by atoms with Gasteiger partial charge in [0, 0.05) is 4.88 Å². The molecule has 0 spiro atoms. The van der Waals surface area contributed by atoms with Gasteiger partial charge in [0.1, 0.15) is 0 Å². The third-order valence-electron chi connectivity index (χ3n) is 0.975. The van der Waals surface area contributed by atoms with Gasteiger partial charge < -0.3 is 0 Å². The van der Waals surface area contributed by atoms with Crippen molar-refractivity contribution < 1.29 is 13.2 Å². The van der Waals surface area contributed by atoms with Gasteiger partial charge in [0.25, 0.3) is 0 Å². The highest BCUT2D eigenvalue weighted by atomic mass is 32.1. The van der Waals surface area contributed by atoms with Crippen LogP contribution in [0, 0.1) is 12.3 Å². The summed E-state index contributed by atoms with van der Waals surface area (Å²) in [5, 5.41) is 2.16. The minimum Gasteiger partial charge on any atom is -0.166 e. The molecule has 0 aliphatic heterocycles. The molecule has 0 aliphatic rings. The predicted octanol–water partition coefficient (Wildman–Crippen LogP) is 2.88. The van der Waals surface area contributed by atoms with E-state index in [1.807, 2.05) is 0 Å². The predicted molar refractivity (Wildman–Crippen MR) is 32.9 cm³/mol. The van der Waals surface area contributed by atoms with Gasteiger partial charge in [-0.2, -0.15) is 13.2 Å². The van der Waals surface area contributed by atoms with E-state index in [0.29, 0.717) is 4.88 Å². The average Bonchev–Trinajstić information content (AvgIpc) is 2.11. The first-order chi connectivity index (χ1) is 4.50. The van der Waals surface area contributed by atoms with Crippen LogP contribution in [0.4, 0.5) is 13.2 Å². The lowest BCUT2D eigenvalue weighted by atomic mass is 10.3. The second-order valence-electron chi connectivity index (χ2n) is 1.87. The zero-order valence-corrected chi connectivity index (χ0v) is 5.94. The monoisotopic (exact) mass is 165 g/mol. The van der Waals surface area contributed by atoms with Crippen molar-refractivity contribution in [2.24, 2.45) is 0 Å². The van der Waals surface area contributed by atoms with Crippen molar-refractivity contribution in [1.82, 2.24) is 0 Å². The van der Waals surface area contributed by atoms with Crippen LogP contribution in [0.3, 0.4) is 0 Å². The first-order valence-electron chi connectivity index (χ1n) is 2.55. The normalized spacial score (nSPS) is 12.0. The summed E-state index contributed by atoms with van der Waals surface area (Å²) >= 11 is 0.986. The van der Waals surface area contributed by atoms with E-state index in [1.165, 1.54) is 0 Å². The number of hydrogen-bond donors (Lipinski definition) is 0. The molecule has 0 fully saturated rings. The third kappa shape index (κ3) is 1.50. The second-order valence-corrected chi connectivity index (χ2v) is 2.92. The van der Waals surface area contributed by atoms with E-state index in [1.54, 1.807) is 6.92 Å². The molecule has 0 aromatic carbocycles. The highest BCUT2D eigenvalue weighted by Crippen LogP contribution is 2.31. The van der Waals surface area contributed by atoms with E-state index in [4.69, 9.17) is 0 Å². The maximum Gasteiger partial charge on any atom is 0.417 e. The van der Waals surface area contributed by atoms with E-state index < -0.39 is 11.7 Å². The summed E-state index contributed by atoms with van der Waals surface area (Å²) in [6.07, 6.45) is -4.23. The fourth-order valence-electron chi connectivity index (χ4n) is 0.537. The SMILES string of the molecule is Cc1cc(C(F)(F)F)[c]s1. The van der Waals surface area contributed by atoms with Gasteiger partial charge in [0.05, 0.1) is 10.9 Å². The Morgan fingerprint density at radius 2 is 2.10 bits per heavy atom. The van der Waals surface area contributed by atoms with Crippen LogP contribution in [-0.2, 0) is 6.18 Å². The molecule has 0 aliphatic carbocycles. The molecular weight excluding hydrogens is 161 g/mol. The van der Waals surface area contributed by atoms with Crippen molar-refractivity contribution in [2.45, 2.75) is 13.1 Å². The molecule has 0 unspecified atom stereocenters. The molecule has 1 radical (unpaired) electrons. The van der Waals surface area contributed by atoms with Gasteiger partial charge in [-0.05, 0) is 13.0 Å². The van der Waals surface area contributed by atoms with Gasteiger partial charge in [0.15, 0.2) is 0 Å². The smallest absolute Gasteiger partial charge is 0.166 e. The highest BCUT2D eigenvalue weighted by Gasteiger charge is 2.31. The molecule has 1 rings (SSSR count). The molecule has 1 heterocycles. The Morgan fingerprint density at radius 1 is 1.50 bits per heavy atom. The van der Waals surface area contributed by atoms with E-state index in [2.05, 4.69) is 5.38 Å². The summed E-state index contributed by atoms with van der Waals surface area (Å²) in [5.74, 6) is 0. The third-order valence-corrected chi connectivity index (χ3v) is 1.74. The standard InChI is InChI=1S/C6H4F3S/c1-4-2-5(3-10-4)6(7,8)9/h2H,1H3. The molecule has 10 heavy (non-hydrogen) atoms. The van der Waals surface area contributed by atoms with Crippen molar-refractivity contribution in [2.75, 3.05) is 0 Å². The summed E-state index contributed by atoms with van der Waals surface area (Å²) < 4.78 is 35.3. The Labute approximate surface area is 60.3 Å². The number of alkyl halides is 3. The van der Waals surface area contributed by atoms with Gasteiger partial charge in [-0.3, -0.25) is 0 Å². The molecular formula is C6H4F3S. The van der Waals surface area contributed by atoms with E-state index >= 15 is 0 Å². The number of halogens is 3. The van der Waals surface area contributed by atoms with Crippen LogP contribution in [0.5, 0.6) is 0 Å². The molecule has 1 aromatic rings. The summed E-state index contributed by atoms with van der Waals surface area (Å²) in [6.45, 7) is 1.62. The molecule has 1 aromatic heterocycles. The number of hydrogen-bond acceptors (Lipinski definition) is 1. The average molecular weight is 165 g/mol. The number of rotatable bonds is 0. The largest absolute Gasteiger partial charge is 0.417 e. The van der Waals surface area contributed by atoms with E-state index in [9.17, 15) is 13.2 Å². The van der Waals surface area contributed by atoms with Crippen molar-refractivity contribution in [3.05, 3.63) is 21.9 Å². The zero-order valence-electron chi connectivity index (χ0n) is 5.12. The van der Waals surface area contributed by atoms with Gasteiger partial charge in [-0.25, -0.2) is 0 Å². The topological polar surface area (TPSA) is 0 Å². The minimum absolute atomic E-state index is 0.632. The van der Waals surface area contributed by atoms with Crippen molar-refractivity contribution in [3.8, 4) is 0 Å². The van der Waals surface area contributed by atoms with Gasteiger partial charge in [-0.1, -0.05) is 0 Å². The Morgan fingerprint density at radius 3 is 2.30 bits per heavy atom. The van der Waals surface area contributed by atoms with Gasteiger partial charge in [-0.15, -0.1) is 11.3 Å². The maximum absolute atomic E-state index is 11.8. The van der Waals surface area contributed by atoms with Gasteiger partial charge >= 0.3 is 6.18 Å². The zero-order chi connectivity index (χ0) is 7.78. The molecule has 0 bridgehead atoms. The van der Waals surface area contributed by atoms with Crippen LogP contribution in [0.15, 0.2) is 6.07 Å². The van der Waals surface area contributed by atoms with Crippen molar-refractivity contribution in [3.63, 3.8) is 0 Å². The summed E-state index contributed by atoms with van der Waals surface area (Å²) in [4.78, 5) is 0.632. The molecule has 0 N–H and O–H groups in total. The molecule has 0 nitrogen and oxygen atoms in total. The molecule has 0 saturated carbocycles. The van der Waals surface area contributed by atoms with Crippen molar-refractivity contribution >= 4 is 11.3 Å². The number of thiophene rings is 1. The summed E-state index contributed by atoms with van der Waals surface area (Å²) in [6, 6.07) is 1.09. The van der Waals surface area contributed by atoms with Crippen LogP contribution < -0.4 is 0 Å². The Balaban J connectivity index is 2.96. The Kier molecular flexibility index (Phi) is 1.72. The first kappa shape index (κ1) is 7.60. The molecule has 55 valence electrons. The Bertz CT molecular complexity index is 223. The first-order valence-corrected chi connectivity index (χ1v) is 3.37. The highest BCUT2D eigenvalue weighted by molar-refractivity contribution is 7.09. The van der Waals surface area contributed by atoms with Crippen LogP contribution in [-0.4, -0.2) is 0 Å². The maximum atomic E-state index is 11.8. The molecule has 0 atom stereocenters. The van der Waals surface area contributed by atoms with Crippen molar-refractivity contribution in [1.29, 1.82) is 0 Å². The molecule has 4 heteroatoms. The minimum atomic E-state index is -4.23. The summed E-state index contributed by atoms with van der Waals surface area (Å²) in [7, 11) is 0. The van der Waals surface area contributed by atoms with Crippen LogP contribution in [0.2, 0.25) is 0 Å². The van der Waals surface area contributed by atoms with Crippen LogP contribution >= 0.6 is 11.3 Å². The lowest BCUT2D eigenvalue weighted by molar-refractivity contribution is -0.137. The lowest BCUT2D eigenvalue weighted by Gasteiger charge is -1.99. The molecule has 0 amide bonds. The lowest BCUT2D eigenvalue weighted by Crippen LogP contribution is -2.02.